The molecule has 0 fully saturated rings. The molecule has 0 spiro atoms. The molecule has 0 aromatic heterocycles. The van der Waals surface area contributed by atoms with Gasteiger partial charge in [0.15, 0.2) is 0 Å². The number of likely N-dealkylation sites (N-methyl/N-ethyl adjacent to an activating group) is 1. The van der Waals surface area contributed by atoms with E-state index in [1.807, 2.05) is 25.9 Å². The molecule has 2 N–H and O–H groups in total. The lowest BCUT2D eigenvalue weighted by Crippen LogP contribution is -2.45. The van der Waals surface area contributed by atoms with Gasteiger partial charge in [0.1, 0.15) is 5.82 Å². The standard InChI is InChI=1S/C15H24FN3O2/c1-12(13-4-6-14(16)7-5-13)17-15(21)19(10-11-20)9-8-18(2)3/h4-7,12,20H,8-11H2,1-3H3,(H,17,21). The summed E-state index contributed by atoms with van der Waals surface area (Å²) in [6.07, 6.45) is 0. The molecule has 0 saturated heterocycles. The van der Waals surface area contributed by atoms with Crippen LogP contribution in [0.3, 0.4) is 0 Å². The Labute approximate surface area is 125 Å². The zero-order valence-corrected chi connectivity index (χ0v) is 12.8. The van der Waals surface area contributed by atoms with Crippen molar-refractivity contribution in [2.45, 2.75) is 13.0 Å². The molecule has 1 aromatic carbocycles. The molecule has 0 aliphatic rings. The van der Waals surface area contributed by atoms with E-state index in [0.29, 0.717) is 6.54 Å². The van der Waals surface area contributed by atoms with E-state index >= 15 is 0 Å². The number of benzene rings is 1. The Balaban J connectivity index is 2.60. The first-order chi connectivity index (χ1) is 9.93. The van der Waals surface area contributed by atoms with Crippen molar-refractivity contribution in [1.82, 2.24) is 15.1 Å². The Morgan fingerprint density at radius 3 is 2.38 bits per heavy atom. The van der Waals surface area contributed by atoms with Gasteiger partial charge >= 0.3 is 6.03 Å². The van der Waals surface area contributed by atoms with Gasteiger partial charge in [0.25, 0.3) is 0 Å². The summed E-state index contributed by atoms with van der Waals surface area (Å²) in [6, 6.07) is 5.58. The number of amides is 2. The minimum atomic E-state index is -0.301. The van der Waals surface area contributed by atoms with Crippen LogP contribution in [0.15, 0.2) is 24.3 Å². The molecule has 6 heteroatoms. The number of aliphatic hydroxyl groups excluding tert-OH is 1. The molecule has 118 valence electrons. The van der Waals surface area contributed by atoms with Crippen molar-refractivity contribution in [3.8, 4) is 0 Å². The van der Waals surface area contributed by atoms with Gasteiger partial charge in [-0.2, -0.15) is 0 Å². The summed E-state index contributed by atoms with van der Waals surface area (Å²) >= 11 is 0. The Morgan fingerprint density at radius 1 is 1.24 bits per heavy atom. The SMILES string of the molecule is CC(NC(=O)N(CCO)CCN(C)C)c1ccc(F)cc1. The fraction of sp³-hybridized carbons (Fsp3) is 0.533. The highest BCUT2D eigenvalue weighted by atomic mass is 19.1. The first kappa shape index (κ1) is 17.4. The van der Waals surface area contributed by atoms with Crippen LogP contribution in [0.2, 0.25) is 0 Å². The number of nitrogens with one attached hydrogen (secondary N) is 1. The van der Waals surface area contributed by atoms with Crippen LogP contribution in [0.4, 0.5) is 9.18 Å². The summed E-state index contributed by atoms with van der Waals surface area (Å²) in [5.74, 6) is -0.301. The van der Waals surface area contributed by atoms with Crippen LogP contribution in [0.5, 0.6) is 0 Å². The first-order valence-electron chi connectivity index (χ1n) is 7.00. The fourth-order valence-corrected chi connectivity index (χ4v) is 1.87. The molecule has 0 heterocycles. The molecular weight excluding hydrogens is 273 g/mol. The topological polar surface area (TPSA) is 55.8 Å². The number of hydrogen-bond donors (Lipinski definition) is 2. The van der Waals surface area contributed by atoms with Gasteiger partial charge in [0.2, 0.25) is 0 Å². The van der Waals surface area contributed by atoms with Crippen molar-refractivity contribution >= 4 is 6.03 Å². The van der Waals surface area contributed by atoms with Gasteiger partial charge in [-0.15, -0.1) is 0 Å². The van der Waals surface area contributed by atoms with E-state index in [2.05, 4.69) is 5.32 Å². The van der Waals surface area contributed by atoms with Crippen molar-refractivity contribution in [3.05, 3.63) is 35.6 Å². The van der Waals surface area contributed by atoms with Gasteiger partial charge in [-0.25, -0.2) is 9.18 Å². The summed E-state index contributed by atoms with van der Waals surface area (Å²) in [4.78, 5) is 15.8. The van der Waals surface area contributed by atoms with Crippen LogP contribution in [0, 0.1) is 5.82 Å². The second kappa shape index (κ2) is 8.59. The van der Waals surface area contributed by atoms with Crippen molar-refractivity contribution in [3.63, 3.8) is 0 Å². The minimum Gasteiger partial charge on any atom is -0.395 e. The zero-order chi connectivity index (χ0) is 15.8. The lowest BCUT2D eigenvalue weighted by Gasteiger charge is -2.26. The second-order valence-corrected chi connectivity index (χ2v) is 5.24. The second-order valence-electron chi connectivity index (χ2n) is 5.24. The Morgan fingerprint density at radius 2 is 1.86 bits per heavy atom. The van der Waals surface area contributed by atoms with Crippen LogP contribution >= 0.6 is 0 Å². The summed E-state index contributed by atoms with van der Waals surface area (Å²) in [5.41, 5.74) is 0.835. The number of aliphatic hydroxyl groups is 1. The monoisotopic (exact) mass is 297 g/mol. The zero-order valence-electron chi connectivity index (χ0n) is 12.8. The third-order valence-corrected chi connectivity index (χ3v) is 3.18. The van der Waals surface area contributed by atoms with Gasteiger partial charge in [-0.05, 0) is 38.7 Å². The predicted molar refractivity (Wildman–Crippen MR) is 80.6 cm³/mol. The quantitative estimate of drug-likeness (QED) is 0.801. The normalized spacial score (nSPS) is 12.3. The van der Waals surface area contributed by atoms with Crippen LogP contribution in [0.25, 0.3) is 0 Å². The van der Waals surface area contributed by atoms with E-state index in [9.17, 15) is 9.18 Å². The number of halogens is 1. The lowest BCUT2D eigenvalue weighted by atomic mass is 10.1. The Bertz CT molecular complexity index is 437. The van der Waals surface area contributed by atoms with Crippen LogP contribution in [0.1, 0.15) is 18.5 Å². The molecule has 21 heavy (non-hydrogen) atoms. The van der Waals surface area contributed by atoms with Gasteiger partial charge in [-0.3, -0.25) is 0 Å². The molecule has 0 bridgehead atoms. The van der Waals surface area contributed by atoms with Crippen molar-refractivity contribution in [1.29, 1.82) is 0 Å². The summed E-state index contributed by atoms with van der Waals surface area (Å²) in [6.45, 7) is 3.31. The molecule has 0 radical (unpaired) electrons. The van der Waals surface area contributed by atoms with Crippen LogP contribution in [-0.2, 0) is 0 Å². The van der Waals surface area contributed by atoms with Crippen LogP contribution < -0.4 is 5.32 Å². The number of hydrogen-bond acceptors (Lipinski definition) is 3. The third-order valence-electron chi connectivity index (χ3n) is 3.18. The van der Waals surface area contributed by atoms with Crippen LogP contribution in [-0.4, -0.2) is 61.3 Å². The van der Waals surface area contributed by atoms with Crippen molar-refractivity contribution < 1.29 is 14.3 Å². The average molecular weight is 297 g/mol. The van der Waals surface area contributed by atoms with Crippen molar-refractivity contribution in [2.24, 2.45) is 0 Å². The van der Waals surface area contributed by atoms with E-state index in [1.54, 1.807) is 17.0 Å². The van der Waals surface area contributed by atoms with Gasteiger partial charge in [-0.1, -0.05) is 12.1 Å². The largest absolute Gasteiger partial charge is 0.395 e. The predicted octanol–water partition coefficient (Wildman–Crippen LogP) is 1.45. The molecule has 1 atom stereocenters. The fourth-order valence-electron chi connectivity index (χ4n) is 1.87. The molecule has 1 rings (SSSR count). The summed E-state index contributed by atoms with van der Waals surface area (Å²) in [5, 5.41) is 11.9. The summed E-state index contributed by atoms with van der Waals surface area (Å²) in [7, 11) is 3.85. The van der Waals surface area contributed by atoms with E-state index < -0.39 is 0 Å². The number of carbonyl (C=O) groups is 1. The Kier molecular flexibility index (Phi) is 7.11. The molecule has 0 saturated carbocycles. The molecule has 1 unspecified atom stereocenters. The highest BCUT2D eigenvalue weighted by Crippen LogP contribution is 2.13. The third kappa shape index (κ3) is 6.10. The van der Waals surface area contributed by atoms with Gasteiger partial charge < -0.3 is 20.2 Å². The number of urea groups is 1. The highest BCUT2D eigenvalue weighted by molar-refractivity contribution is 5.74. The van der Waals surface area contributed by atoms with E-state index in [0.717, 1.165) is 12.1 Å². The van der Waals surface area contributed by atoms with Gasteiger partial charge in [0.05, 0.1) is 12.6 Å². The van der Waals surface area contributed by atoms with E-state index in [-0.39, 0.29) is 31.0 Å². The Hall–Kier alpha value is -1.66. The number of nitrogens with zero attached hydrogens (tertiary/aromatic N) is 2. The smallest absolute Gasteiger partial charge is 0.317 e. The van der Waals surface area contributed by atoms with Crippen molar-refractivity contribution in [2.75, 3.05) is 40.3 Å². The van der Waals surface area contributed by atoms with Gasteiger partial charge in [0, 0.05) is 19.6 Å². The molecule has 2 amide bonds. The van der Waals surface area contributed by atoms with E-state index in [4.69, 9.17) is 5.11 Å². The molecule has 1 aromatic rings. The summed E-state index contributed by atoms with van der Waals surface area (Å²) < 4.78 is 12.9. The molecular formula is C15H24FN3O2. The maximum atomic E-state index is 12.9. The van der Waals surface area contributed by atoms with E-state index in [1.165, 1.54) is 12.1 Å². The molecule has 0 aliphatic carbocycles. The highest BCUT2D eigenvalue weighted by Gasteiger charge is 2.16. The molecule has 5 nitrogen and oxygen atoms in total. The first-order valence-corrected chi connectivity index (χ1v) is 7.00. The lowest BCUT2D eigenvalue weighted by molar-refractivity contribution is 0.168. The minimum absolute atomic E-state index is 0.0776. The number of rotatable bonds is 7. The maximum Gasteiger partial charge on any atom is 0.317 e. The number of carbonyl (C=O) groups excluding carboxylic acids is 1. The maximum absolute atomic E-state index is 12.9. The average Bonchev–Trinajstić information content (AvgIpc) is 2.43. The molecule has 0 aliphatic heterocycles.